The van der Waals surface area contributed by atoms with E-state index < -0.39 is 93.3 Å². The van der Waals surface area contributed by atoms with Crippen LogP contribution in [-0.4, -0.2) is 144 Å². The molecule has 0 aliphatic carbocycles. The maximum Gasteiger partial charge on any atom is 0.490 e. The lowest BCUT2D eigenvalue weighted by atomic mass is 10.1. The second kappa shape index (κ2) is 16.1. The predicted molar refractivity (Wildman–Crippen MR) is 170 cm³/mol. The molecule has 306 valence electrons. The number of fused-ring (bicyclic) bond motifs is 2. The molecule has 0 spiro atoms. The van der Waals surface area contributed by atoms with Crippen molar-refractivity contribution in [2.24, 2.45) is 0 Å². The van der Waals surface area contributed by atoms with Crippen LogP contribution in [-0.2, 0) is 45.2 Å². The standard InChI is InChI=1S/C10H17N5O17P4.C10H13N5O4/c11-7-3-8(13-1-12-7)15(2-14-3)9-5(17)4(16)6(28-9)10(18)29-34(22,23)31-36(26,27)32-35(24,25)30-33(19,20)21;11-8-5-9(13-2-12-8)15(3-14-5)10-7(18)6(17)4(1-16)19-10/h1-2,4-6,9-10,16-18H,(H,22,23)(H,24,25)(H,26,27)(H2,11,12,13)(H2,19,20,21);2-4,6-7,10,16-18H,1H2,(H2,11,12,13)/t4-,5+,6-,9+,10?;4-,6-,7-,10-/m01/s1. The van der Waals surface area contributed by atoms with Gasteiger partial charge in [0.25, 0.3) is 0 Å². The fraction of sp³-hybridized carbons (Fsp3) is 0.500. The lowest BCUT2D eigenvalue weighted by Crippen LogP contribution is -2.39. The van der Waals surface area contributed by atoms with E-state index in [-0.39, 0.29) is 22.8 Å². The van der Waals surface area contributed by atoms with Gasteiger partial charge < -0.3 is 76.0 Å². The van der Waals surface area contributed by atoms with Crippen molar-refractivity contribution in [2.75, 3.05) is 18.1 Å². The minimum absolute atomic E-state index is 0.0234. The summed E-state index contributed by atoms with van der Waals surface area (Å²) in [5.41, 5.74) is 12.2. The Morgan fingerprint density at radius 1 is 0.673 bits per heavy atom. The summed E-state index contributed by atoms with van der Waals surface area (Å²) >= 11 is 0. The van der Waals surface area contributed by atoms with Crippen molar-refractivity contribution in [3.05, 3.63) is 25.3 Å². The molecule has 0 amide bonds. The fourth-order valence-corrected chi connectivity index (χ4v) is 9.50. The predicted octanol–water partition coefficient (Wildman–Crippen LogP) is -4.17. The molecule has 0 bridgehead atoms. The van der Waals surface area contributed by atoms with E-state index in [2.05, 4.69) is 47.4 Å². The SMILES string of the molecule is Nc1ncnc2c1ncn2[C@@H]1O[C@H](C(O)OP(=O)(O)OP(=O)(O)OP(=O)(O)OP(=O)(O)O)[C@@H](O)[C@H]1O.Nc1ncnc2c1ncn2[C@@H]1O[C@H](CO)[C@@H](O)[C@H]1O. The highest BCUT2D eigenvalue weighted by Gasteiger charge is 2.51. The van der Waals surface area contributed by atoms with E-state index in [4.69, 9.17) is 40.7 Å². The summed E-state index contributed by atoms with van der Waals surface area (Å²) in [6, 6.07) is 0. The summed E-state index contributed by atoms with van der Waals surface area (Å²) in [6.45, 7) is -0.390. The minimum atomic E-state index is -6.14. The van der Waals surface area contributed by atoms with E-state index in [0.29, 0.717) is 11.2 Å². The Morgan fingerprint density at radius 2 is 1.13 bits per heavy atom. The van der Waals surface area contributed by atoms with Crippen LogP contribution in [0.1, 0.15) is 12.5 Å². The third kappa shape index (κ3) is 9.74. The van der Waals surface area contributed by atoms with Crippen molar-refractivity contribution >= 4 is 65.3 Å². The van der Waals surface area contributed by atoms with Gasteiger partial charge in [-0.15, -0.1) is 0 Å². The number of phosphoric acid groups is 4. The molecule has 0 saturated carbocycles. The maximum atomic E-state index is 12.0. The smallest absolute Gasteiger partial charge is 0.394 e. The Kier molecular flexibility index (Phi) is 12.6. The molecule has 12 atom stereocenters. The number of aliphatic hydroxyl groups excluding tert-OH is 6. The fourth-order valence-electron chi connectivity index (χ4n) is 5.01. The molecule has 4 aromatic rings. The number of nitrogens with zero attached hydrogens (tertiary/aromatic N) is 8. The Labute approximate surface area is 303 Å². The van der Waals surface area contributed by atoms with E-state index in [1.807, 2.05) is 0 Å². The minimum Gasteiger partial charge on any atom is -0.394 e. The van der Waals surface area contributed by atoms with Gasteiger partial charge in [0.05, 0.1) is 19.3 Å². The monoisotopic (exact) mass is 870 g/mol. The summed E-state index contributed by atoms with van der Waals surface area (Å²) in [5, 5.41) is 59.3. The van der Waals surface area contributed by atoms with Gasteiger partial charge in [-0.3, -0.25) is 13.7 Å². The van der Waals surface area contributed by atoms with Crippen LogP contribution < -0.4 is 11.5 Å². The molecule has 0 radical (unpaired) electrons. The van der Waals surface area contributed by atoms with Gasteiger partial charge in [-0.05, 0) is 0 Å². The van der Waals surface area contributed by atoms with Gasteiger partial charge in [0, 0.05) is 0 Å². The first-order valence-electron chi connectivity index (χ1n) is 14.5. The lowest BCUT2D eigenvalue weighted by molar-refractivity contribution is -0.160. The molecule has 4 aromatic heterocycles. The summed E-state index contributed by atoms with van der Waals surface area (Å²) < 4.78 is 73.3. The van der Waals surface area contributed by atoms with Gasteiger partial charge in [-0.1, -0.05) is 0 Å². The van der Waals surface area contributed by atoms with Crippen LogP contribution in [0.15, 0.2) is 25.3 Å². The number of rotatable bonds is 12. The van der Waals surface area contributed by atoms with Gasteiger partial charge in [0.1, 0.15) is 60.3 Å². The molecular weight excluding hydrogens is 840 g/mol. The highest BCUT2D eigenvalue weighted by atomic mass is 31.3. The second-order valence-corrected chi connectivity index (χ2v) is 17.0. The van der Waals surface area contributed by atoms with Crippen molar-refractivity contribution < 1.29 is 100 Å². The molecule has 2 fully saturated rings. The largest absolute Gasteiger partial charge is 0.490 e. The highest BCUT2D eigenvalue weighted by Crippen LogP contribution is 2.71. The Balaban J connectivity index is 0.000000254. The van der Waals surface area contributed by atoms with Crippen molar-refractivity contribution in [3.8, 4) is 0 Å². The Hall–Kier alpha value is -3.06. The number of aromatic nitrogens is 8. The average Bonchev–Trinajstić information content (AvgIpc) is 3.81. The molecule has 15 N–H and O–H groups in total. The molecular formula is C20H30N10O21P4. The molecule has 2 aliphatic heterocycles. The second-order valence-electron chi connectivity index (χ2n) is 11.0. The quantitative estimate of drug-likeness (QED) is 0.0474. The van der Waals surface area contributed by atoms with Crippen LogP contribution in [0.4, 0.5) is 11.6 Å². The topological polar surface area (TPSA) is 485 Å². The van der Waals surface area contributed by atoms with Gasteiger partial charge in [-0.2, -0.15) is 12.9 Å². The van der Waals surface area contributed by atoms with Crippen molar-refractivity contribution in [1.82, 2.24) is 39.0 Å². The maximum absolute atomic E-state index is 12.0. The van der Waals surface area contributed by atoms with Crippen LogP contribution in [0.5, 0.6) is 0 Å². The summed E-state index contributed by atoms with van der Waals surface area (Å²) in [4.78, 5) is 68.3. The summed E-state index contributed by atoms with van der Waals surface area (Å²) in [6.07, 6.45) is -9.37. The molecule has 6 rings (SSSR count). The molecule has 6 heterocycles. The van der Waals surface area contributed by atoms with Crippen LogP contribution in [0.2, 0.25) is 0 Å². The number of hydrogen-bond acceptors (Lipinski definition) is 24. The highest BCUT2D eigenvalue weighted by molar-refractivity contribution is 7.69. The molecule has 4 unspecified atom stereocenters. The van der Waals surface area contributed by atoms with Gasteiger partial charge >= 0.3 is 31.3 Å². The number of imidazole rings is 2. The van der Waals surface area contributed by atoms with Crippen molar-refractivity contribution in [2.45, 2.75) is 55.4 Å². The van der Waals surface area contributed by atoms with Gasteiger partial charge in [0.15, 0.2) is 41.7 Å². The number of nitrogens with two attached hydrogens (primary N) is 2. The van der Waals surface area contributed by atoms with Crippen LogP contribution in [0.3, 0.4) is 0 Å². The third-order valence-corrected chi connectivity index (χ3v) is 12.7. The molecule has 35 heteroatoms. The first kappa shape index (κ1) is 43.1. The number of hydrogen-bond donors (Lipinski definition) is 13. The number of phosphoric ester groups is 1. The number of aliphatic hydroxyl groups is 6. The van der Waals surface area contributed by atoms with Crippen molar-refractivity contribution in [3.63, 3.8) is 0 Å². The zero-order chi connectivity index (χ0) is 40.8. The van der Waals surface area contributed by atoms with E-state index in [9.17, 15) is 53.6 Å². The first-order chi connectivity index (χ1) is 25.4. The van der Waals surface area contributed by atoms with E-state index in [0.717, 1.165) is 17.2 Å². The molecule has 2 saturated heterocycles. The Bertz CT molecular complexity index is 2210. The number of anilines is 2. The number of ether oxygens (including phenoxy) is 2. The summed E-state index contributed by atoms with van der Waals surface area (Å²) in [7, 11) is -23.8. The van der Waals surface area contributed by atoms with Gasteiger partial charge in [0.2, 0.25) is 0 Å². The van der Waals surface area contributed by atoms with E-state index in [1.54, 1.807) is 0 Å². The van der Waals surface area contributed by atoms with Crippen LogP contribution >= 0.6 is 31.3 Å². The normalized spacial score (nSPS) is 29.7. The third-order valence-electron chi connectivity index (χ3n) is 7.26. The van der Waals surface area contributed by atoms with Crippen LogP contribution in [0.25, 0.3) is 22.3 Å². The van der Waals surface area contributed by atoms with Crippen molar-refractivity contribution in [1.29, 1.82) is 0 Å². The summed E-state index contributed by atoms with van der Waals surface area (Å²) in [5.74, 6) is 0.176. The lowest BCUT2D eigenvalue weighted by Gasteiger charge is -2.24. The number of nitrogen functional groups attached to an aromatic ring is 2. The molecule has 0 aromatic carbocycles. The van der Waals surface area contributed by atoms with Gasteiger partial charge in [-0.25, -0.2) is 48.2 Å². The first-order valence-corrected chi connectivity index (χ1v) is 20.5. The average molecular weight is 870 g/mol. The van der Waals surface area contributed by atoms with Crippen LogP contribution in [0, 0.1) is 0 Å². The Morgan fingerprint density at radius 3 is 1.60 bits per heavy atom. The molecule has 31 nitrogen and oxygen atoms in total. The zero-order valence-corrected chi connectivity index (χ0v) is 30.3. The zero-order valence-electron chi connectivity index (χ0n) is 26.7. The van der Waals surface area contributed by atoms with E-state index >= 15 is 0 Å². The van der Waals surface area contributed by atoms with E-state index in [1.165, 1.54) is 17.2 Å². The molecule has 2 aliphatic rings. The molecule has 55 heavy (non-hydrogen) atoms.